The molecule has 0 fully saturated rings. The Morgan fingerprint density at radius 3 is 2.19 bits per heavy atom. The zero-order valence-corrected chi connectivity index (χ0v) is 14.3. The maximum Gasteiger partial charge on any atom is 0.431 e. The fourth-order valence-electron chi connectivity index (χ4n) is 2.63. The van der Waals surface area contributed by atoms with Gasteiger partial charge in [0.25, 0.3) is 5.91 Å². The summed E-state index contributed by atoms with van der Waals surface area (Å²) in [6.45, 7) is 1.35. The van der Waals surface area contributed by atoms with Gasteiger partial charge in [0.05, 0.1) is 0 Å². The quantitative estimate of drug-likeness (QED) is 0.804. The maximum absolute atomic E-state index is 12.7. The summed E-state index contributed by atoms with van der Waals surface area (Å²) in [5.74, 6) is -0.811. The van der Waals surface area contributed by atoms with E-state index in [1.165, 1.54) is 19.1 Å². The van der Waals surface area contributed by atoms with Gasteiger partial charge in [-0.25, -0.2) is 0 Å². The van der Waals surface area contributed by atoms with Crippen LogP contribution in [0.15, 0.2) is 59.7 Å². The second kappa shape index (κ2) is 6.86. The molecule has 1 heterocycles. The number of nitrogens with zero attached hydrogens (tertiary/aromatic N) is 1. The van der Waals surface area contributed by atoms with Gasteiger partial charge in [-0.1, -0.05) is 30.3 Å². The number of rotatable bonds is 4. The van der Waals surface area contributed by atoms with Crippen molar-refractivity contribution in [2.45, 2.75) is 25.1 Å². The van der Waals surface area contributed by atoms with E-state index >= 15 is 0 Å². The van der Waals surface area contributed by atoms with Gasteiger partial charge in [0.15, 0.2) is 5.78 Å². The molecule has 27 heavy (non-hydrogen) atoms. The van der Waals surface area contributed by atoms with Crippen LogP contribution in [0.4, 0.5) is 18.9 Å². The Hall–Kier alpha value is -3.16. The van der Waals surface area contributed by atoms with E-state index in [1.54, 1.807) is 42.5 Å². The lowest BCUT2D eigenvalue weighted by Gasteiger charge is -2.22. The summed E-state index contributed by atoms with van der Waals surface area (Å²) < 4.78 is 38.2. The predicted octanol–water partition coefficient (Wildman–Crippen LogP) is 3.53. The fourth-order valence-corrected chi connectivity index (χ4v) is 2.63. The van der Waals surface area contributed by atoms with Gasteiger partial charge < -0.3 is 5.32 Å². The average molecular weight is 375 g/mol. The van der Waals surface area contributed by atoms with Crippen LogP contribution in [0.5, 0.6) is 0 Å². The molecule has 140 valence electrons. The third-order valence-corrected chi connectivity index (χ3v) is 4.23. The first-order valence-corrected chi connectivity index (χ1v) is 8.11. The van der Waals surface area contributed by atoms with Crippen LogP contribution in [0, 0.1) is 0 Å². The minimum Gasteiger partial charge on any atom is -0.324 e. The fraction of sp³-hybridized carbons (Fsp3) is 0.211. The number of carbonyl (C=O) groups excluding carboxylic acids is 2. The van der Waals surface area contributed by atoms with Gasteiger partial charge in [-0.15, -0.1) is 0 Å². The molecule has 8 heteroatoms. The molecule has 0 saturated heterocycles. The number of nitrogens with one attached hydrogen (secondary N) is 2. The van der Waals surface area contributed by atoms with E-state index in [1.807, 2.05) is 0 Å². The van der Waals surface area contributed by atoms with Crippen LogP contribution in [0.2, 0.25) is 0 Å². The summed E-state index contributed by atoms with van der Waals surface area (Å²) in [6.07, 6.45) is -5.14. The molecule has 2 aromatic rings. The summed E-state index contributed by atoms with van der Waals surface area (Å²) in [7, 11) is 0. The molecule has 1 aliphatic heterocycles. The first kappa shape index (κ1) is 18.6. The molecule has 1 aliphatic rings. The van der Waals surface area contributed by atoms with Gasteiger partial charge in [-0.2, -0.15) is 18.3 Å². The number of ketones is 1. The summed E-state index contributed by atoms with van der Waals surface area (Å²) in [4.78, 5) is 24.7. The van der Waals surface area contributed by atoms with E-state index in [9.17, 15) is 22.8 Å². The highest BCUT2D eigenvalue weighted by Gasteiger charge is 2.48. The van der Waals surface area contributed by atoms with Crippen LogP contribution >= 0.6 is 0 Å². The van der Waals surface area contributed by atoms with E-state index in [-0.39, 0.29) is 5.78 Å². The molecule has 0 bridgehead atoms. The van der Waals surface area contributed by atoms with Crippen molar-refractivity contribution >= 4 is 23.1 Å². The Morgan fingerprint density at radius 1 is 1.04 bits per heavy atom. The normalized spacial score (nSPS) is 19.2. The van der Waals surface area contributed by atoms with Crippen molar-refractivity contribution in [3.8, 4) is 0 Å². The number of hydrogen-bond donors (Lipinski definition) is 2. The van der Waals surface area contributed by atoms with Gasteiger partial charge in [0.2, 0.25) is 0 Å². The zero-order chi connectivity index (χ0) is 19.7. The molecule has 0 aromatic heterocycles. The summed E-state index contributed by atoms with van der Waals surface area (Å²) in [5, 5.41) is 5.78. The topological polar surface area (TPSA) is 70.6 Å². The highest BCUT2D eigenvalue weighted by Crippen LogP contribution is 2.29. The summed E-state index contributed by atoms with van der Waals surface area (Å²) in [5.41, 5.74) is 1.08. The molecule has 0 radical (unpaired) electrons. The highest BCUT2D eigenvalue weighted by molar-refractivity contribution is 6.09. The van der Waals surface area contributed by atoms with Crippen molar-refractivity contribution in [1.29, 1.82) is 0 Å². The van der Waals surface area contributed by atoms with Crippen LogP contribution in [0.3, 0.4) is 0 Å². The molecule has 2 aromatic carbocycles. The van der Waals surface area contributed by atoms with Crippen molar-refractivity contribution in [2.75, 3.05) is 5.32 Å². The zero-order valence-electron chi connectivity index (χ0n) is 14.3. The Kier molecular flexibility index (Phi) is 4.73. The highest BCUT2D eigenvalue weighted by atomic mass is 19.4. The number of alkyl halides is 3. The smallest absolute Gasteiger partial charge is 0.324 e. The van der Waals surface area contributed by atoms with E-state index in [2.05, 4.69) is 15.8 Å². The maximum atomic E-state index is 12.7. The number of hydrazone groups is 1. The standard InChI is InChI=1S/C19H16F3N3O2/c1-18(11-15(24-25-18)19(20,21)22)17(27)23-14-9-7-13(8-10-14)16(26)12-5-3-2-4-6-12/h2-10,25H,11H2,1H3,(H,23,27). The lowest BCUT2D eigenvalue weighted by molar-refractivity contribution is -0.121. The van der Waals surface area contributed by atoms with Crippen molar-refractivity contribution in [2.24, 2.45) is 5.10 Å². The SMILES string of the molecule is CC1(C(=O)Nc2ccc(C(=O)c3ccccc3)cc2)CC(C(F)(F)F)=NN1. The third kappa shape index (κ3) is 3.99. The Balaban J connectivity index is 1.67. The van der Waals surface area contributed by atoms with Crippen LogP contribution in [-0.4, -0.2) is 29.1 Å². The van der Waals surface area contributed by atoms with Crippen molar-refractivity contribution < 1.29 is 22.8 Å². The minimum atomic E-state index is -4.58. The number of amides is 1. The van der Waals surface area contributed by atoms with Crippen LogP contribution < -0.4 is 10.7 Å². The van der Waals surface area contributed by atoms with E-state index in [4.69, 9.17) is 0 Å². The lowest BCUT2D eigenvalue weighted by atomic mass is 9.95. The molecular formula is C19H16F3N3O2. The molecule has 2 N–H and O–H groups in total. The van der Waals surface area contributed by atoms with Gasteiger partial charge in [0, 0.05) is 23.2 Å². The van der Waals surface area contributed by atoms with Gasteiger partial charge >= 0.3 is 6.18 Å². The molecular weight excluding hydrogens is 359 g/mol. The predicted molar refractivity (Wildman–Crippen MR) is 94.6 cm³/mol. The van der Waals surface area contributed by atoms with Crippen LogP contribution in [-0.2, 0) is 4.79 Å². The Bertz CT molecular complexity index is 893. The molecule has 1 atom stereocenters. The summed E-state index contributed by atoms with van der Waals surface area (Å²) >= 11 is 0. The summed E-state index contributed by atoms with van der Waals surface area (Å²) in [6, 6.07) is 14.9. The number of anilines is 1. The molecule has 0 saturated carbocycles. The average Bonchev–Trinajstić information content (AvgIpc) is 3.07. The van der Waals surface area contributed by atoms with E-state index in [0.717, 1.165) is 0 Å². The van der Waals surface area contributed by atoms with Crippen molar-refractivity contribution in [3.05, 3.63) is 65.7 Å². The first-order valence-electron chi connectivity index (χ1n) is 8.11. The van der Waals surface area contributed by atoms with Crippen molar-refractivity contribution in [3.63, 3.8) is 0 Å². The molecule has 1 unspecified atom stereocenters. The van der Waals surface area contributed by atoms with Gasteiger partial charge in [-0.05, 0) is 31.2 Å². The number of hydrogen-bond acceptors (Lipinski definition) is 4. The van der Waals surface area contributed by atoms with Crippen LogP contribution in [0.25, 0.3) is 0 Å². The van der Waals surface area contributed by atoms with Gasteiger partial charge in [-0.3, -0.25) is 15.0 Å². The van der Waals surface area contributed by atoms with Gasteiger partial charge in [0.1, 0.15) is 11.3 Å². The molecule has 3 rings (SSSR count). The first-order chi connectivity index (χ1) is 12.7. The Labute approximate surface area is 153 Å². The van der Waals surface area contributed by atoms with Crippen LogP contribution in [0.1, 0.15) is 29.3 Å². The monoisotopic (exact) mass is 375 g/mol. The number of halogens is 3. The second-order valence-electron chi connectivity index (χ2n) is 6.40. The second-order valence-corrected chi connectivity index (χ2v) is 6.40. The van der Waals surface area contributed by atoms with Crippen molar-refractivity contribution in [1.82, 2.24) is 5.43 Å². The molecule has 0 aliphatic carbocycles. The minimum absolute atomic E-state index is 0.166. The van der Waals surface area contributed by atoms with E-state index in [0.29, 0.717) is 16.8 Å². The van der Waals surface area contributed by atoms with E-state index < -0.39 is 29.8 Å². The Morgan fingerprint density at radius 2 is 1.63 bits per heavy atom. The molecule has 0 spiro atoms. The number of benzene rings is 2. The molecule has 1 amide bonds. The largest absolute Gasteiger partial charge is 0.431 e. The third-order valence-electron chi connectivity index (χ3n) is 4.23. The number of carbonyl (C=O) groups is 2. The molecule has 5 nitrogen and oxygen atoms in total. The lowest BCUT2D eigenvalue weighted by Crippen LogP contribution is -2.48.